The second kappa shape index (κ2) is 4.37. The fourth-order valence-electron chi connectivity index (χ4n) is 2.16. The van der Waals surface area contributed by atoms with Crippen LogP contribution in [0.4, 0.5) is 0 Å². The molecule has 15 heavy (non-hydrogen) atoms. The largest absolute Gasteiger partial charge is 0.491 e. The molecule has 1 aromatic carbocycles. The first-order valence-corrected chi connectivity index (χ1v) is 5.64. The van der Waals surface area contributed by atoms with Crippen LogP contribution < -0.4 is 5.46 Å². The average Bonchev–Trinajstić information content (AvgIpc) is 2.60. The van der Waals surface area contributed by atoms with Crippen molar-refractivity contribution in [2.24, 2.45) is 0 Å². The molecule has 1 heterocycles. The summed E-state index contributed by atoms with van der Waals surface area (Å²) < 4.78 is 5.17. The summed E-state index contributed by atoms with van der Waals surface area (Å²) in [5.74, 6) is 0.595. The molecule has 1 aliphatic rings. The molecule has 1 aromatic rings. The summed E-state index contributed by atoms with van der Waals surface area (Å²) in [5.41, 5.74) is 3.43. The molecule has 1 N–H and O–H groups in total. The summed E-state index contributed by atoms with van der Waals surface area (Å²) in [5, 5.41) is 9.49. The normalized spacial score (nSPS) is 16.6. The van der Waals surface area contributed by atoms with Crippen LogP contribution in [0, 0.1) is 0 Å². The molecule has 0 radical (unpaired) electrons. The molecule has 0 aromatic heterocycles. The molecule has 0 bridgehead atoms. The Balaban J connectivity index is 2.23. The molecule has 0 aliphatic carbocycles. The van der Waals surface area contributed by atoms with Crippen molar-refractivity contribution >= 4 is 12.6 Å². The third kappa shape index (κ3) is 2.08. The molecule has 0 saturated carbocycles. The minimum atomic E-state index is -0.712. The van der Waals surface area contributed by atoms with Gasteiger partial charge in [0.2, 0.25) is 0 Å². The Morgan fingerprint density at radius 2 is 2.33 bits per heavy atom. The summed E-state index contributed by atoms with van der Waals surface area (Å²) in [7, 11) is -0.712. The molecule has 1 atom stereocenters. The number of fused-ring (bicyclic) bond motifs is 1. The highest BCUT2D eigenvalue weighted by atomic mass is 16.5. The Kier molecular flexibility index (Phi) is 3.12. The molecule has 2 rings (SSSR count). The standard InChI is InChI=1S/C12H17BO2/c1-3-4-9(2)10-5-6-12-11(7-10)8-15-13(12)14/h5-7,9,14H,3-4,8H2,1-2H3. The molecule has 3 heteroatoms. The van der Waals surface area contributed by atoms with Gasteiger partial charge in [0.15, 0.2) is 0 Å². The van der Waals surface area contributed by atoms with Gasteiger partial charge in [-0.25, -0.2) is 0 Å². The van der Waals surface area contributed by atoms with Crippen molar-refractivity contribution in [3.05, 3.63) is 29.3 Å². The van der Waals surface area contributed by atoms with Crippen molar-refractivity contribution in [2.75, 3.05) is 0 Å². The molecule has 1 unspecified atom stereocenters. The maximum atomic E-state index is 9.49. The smallest absolute Gasteiger partial charge is 0.423 e. The van der Waals surface area contributed by atoms with Gasteiger partial charge in [-0.15, -0.1) is 0 Å². The Morgan fingerprint density at radius 1 is 1.53 bits per heavy atom. The van der Waals surface area contributed by atoms with Gasteiger partial charge < -0.3 is 9.68 Å². The van der Waals surface area contributed by atoms with Gasteiger partial charge in [0.05, 0.1) is 6.61 Å². The molecule has 1 aliphatic heterocycles. The maximum absolute atomic E-state index is 9.49. The van der Waals surface area contributed by atoms with Gasteiger partial charge in [0, 0.05) is 0 Å². The van der Waals surface area contributed by atoms with Gasteiger partial charge in [0.1, 0.15) is 0 Å². The lowest BCUT2D eigenvalue weighted by molar-refractivity contribution is 0.275. The second-order valence-electron chi connectivity index (χ2n) is 4.31. The first-order chi connectivity index (χ1) is 7.22. The minimum Gasteiger partial charge on any atom is -0.423 e. The van der Waals surface area contributed by atoms with Gasteiger partial charge in [-0.05, 0) is 28.9 Å². The van der Waals surface area contributed by atoms with Gasteiger partial charge in [-0.1, -0.05) is 38.5 Å². The van der Waals surface area contributed by atoms with Crippen LogP contribution in [0.3, 0.4) is 0 Å². The Morgan fingerprint density at radius 3 is 3.07 bits per heavy atom. The van der Waals surface area contributed by atoms with E-state index in [1.54, 1.807) is 0 Å². The van der Waals surface area contributed by atoms with Crippen LogP contribution in [0.5, 0.6) is 0 Å². The fraction of sp³-hybridized carbons (Fsp3) is 0.500. The van der Waals surface area contributed by atoms with E-state index in [2.05, 4.69) is 26.0 Å². The lowest BCUT2D eigenvalue weighted by Crippen LogP contribution is -2.27. The summed E-state index contributed by atoms with van der Waals surface area (Å²) in [6, 6.07) is 6.28. The van der Waals surface area contributed by atoms with E-state index in [9.17, 15) is 5.02 Å². The first kappa shape index (κ1) is 10.7. The molecule has 2 nitrogen and oxygen atoms in total. The molecule has 80 valence electrons. The lowest BCUT2D eigenvalue weighted by atomic mass is 9.78. The van der Waals surface area contributed by atoms with Crippen LogP contribution in [0.15, 0.2) is 18.2 Å². The van der Waals surface area contributed by atoms with Crippen molar-refractivity contribution in [1.82, 2.24) is 0 Å². The predicted molar refractivity (Wildman–Crippen MR) is 62.2 cm³/mol. The van der Waals surface area contributed by atoms with E-state index < -0.39 is 7.12 Å². The molecular weight excluding hydrogens is 187 g/mol. The highest BCUT2D eigenvalue weighted by molar-refractivity contribution is 6.61. The number of benzene rings is 1. The first-order valence-electron chi connectivity index (χ1n) is 5.64. The zero-order valence-electron chi connectivity index (χ0n) is 9.36. The van der Waals surface area contributed by atoms with Crippen LogP contribution in [-0.4, -0.2) is 12.1 Å². The summed E-state index contributed by atoms with van der Waals surface area (Å²) in [4.78, 5) is 0. The van der Waals surface area contributed by atoms with E-state index in [-0.39, 0.29) is 0 Å². The zero-order chi connectivity index (χ0) is 10.8. The monoisotopic (exact) mass is 204 g/mol. The SMILES string of the molecule is CCCC(C)c1ccc2c(c1)COB2O. The van der Waals surface area contributed by atoms with Gasteiger partial charge in [-0.3, -0.25) is 0 Å². The van der Waals surface area contributed by atoms with E-state index >= 15 is 0 Å². The Labute approximate surface area is 91.4 Å². The Bertz CT molecular complexity index is 351. The van der Waals surface area contributed by atoms with E-state index in [1.807, 2.05) is 6.07 Å². The van der Waals surface area contributed by atoms with Crippen LogP contribution in [0.1, 0.15) is 43.7 Å². The zero-order valence-corrected chi connectivity index (χ0v) is 9.36. The quantitative estimate of drug-likeness (QED) is 0.760. The number of rotatable bonds is 3. The molecule has 0 fully saturated rings. The Hall–Kier alpha value is -0.795. The highest BCUT2D eigenvalue weighted by Gasteiger charge is 2.27. The van der Waals surface area contributed by atoms with Crippen LogP contribution in [-0.2, 0) is 11.3 Å². The van der Waals surface area contributed by atoms with Crippen LogP contribution in [0.2, 0.25) is 0 Å². The molecule has 0 saturated heterocycles. The van der Waals surface area contributed by atoms with Crippen molar-refractivity contribution in [2.45, 2.75) is 39.2 Å². The van der Waals surface area contributed by atoms with Gasteiger partial charge in [0.25, 0.3) is 0 Å². The fourth-order valence-corrected chi connectivity index (χ4v) is 2.16. The lowest BCUT2D eigenvalue weighted by Gasteiger charge is -2.11. The second-order valence-corrected chi connectivity index (χ2v) is 4.31. The van der Waals surface area contributed by atoms with Gasteiger partial charge in [-0.2, -0.15) is 0 Å². The number of hydrogen-bond donors (Lipinski definition) is 1. The molecule has 0 spiro atoms. The highest BCUT2D eigenvalue weighted by Crippen LogP contribution is 2.22. The van der Waals surface area contributed by atoms with E-state index in [1.165, 1.54) is 18.4 Å². The predicted octanol–water partition coefficient (Wildman–Crippen LogP) is 1.81. The number of hydrogen-bond acceptors (Lipinski definition) is 2. The van der Waals surface area contributed by atoms with Crippen LogP contribution in [0.25, 0.3) is 0 Å². The van der Waals surface area contributed by atoms with Crippen molar-refractivity contribution in [3.8, 4) is 0 Å². The third-order valence-corrected chi connectivity index (χ3v) is 3.12. The summed E-state index contributed by atoms with van der Waals surface area (Å²) in [6.07, 6.45) is 2.42. The summed E-state index contributed by atoms with van der Waals surface area (Å²) >= 11 is 0. The van der Waals surface area contributed by atoms with E-state index in [4.69, 9.17) is 4.65 Å². The molecular formula is C12H17BO2. The summed E-state index contributed by atoms with van der Waals surface area (Å²) in [6.45, 7) is 5.00. The van der Waals surface area contributed by atoms with Crippen molar-refractivity contribution < 1.29 is 9.68 Å². The third-order valence-electron chi connectivity index (χ3n) is 3.12. The van der Waals surface area contributed by atoms with E-state index in [0.717, 1.165) is 11.0 Å². The average molecular weight is 204 g/mol. The minimum absolute atomic E-state index is 0.545. The van der Waals surface area contributed by atoms with E-state index in [0.29, 0.717) is 12.5 Å². The molecule has 0 amide bonds. The van der Waals surface area contributed by atoms with Gasteiger partial charge >= 0.3 is 7.12 Å². The maximum Gasteiger partial charge on any atom is 0.491 e. The van der Waals surface area contributed by atoms with Crippen LogP contribution >= 0.6 is 0 Å². The van der Waals surface area contributed by atoms with Crippen molar-refractivity contribution in [1.29, 1.82) is 0 Å². The topological polar surface area (TPSA) is 29.5 Å². The van der Waals surface area contributed by atoms with Crippen molar-refractivity contribution in [3.63, 3.8) is 0 Å².